The minimum absolute atomic E-state index is 0.267. The molecule has 20 heavy (non-hydrogen) atoms. The van der Waals surface area contributed by atoms with Crippen LogP contribution in [0, 0.1) is 0 Å². The highest BCUT2D eigenvalue weighted by molar-refractivity contribution is 6.28. The van der Waals surface area contributed by atoms with Crippen molar-refractivity contribution in [3.8, 4) is 11.3 Å². The van der Waals surface area contributed by atoms with E-state index in [4.69, 9.17) is 11.6 Å². The van der Waals surface area contributed by atoms with Crippen molar-refractivity contribution < 1.29 is 0 Å². The summed E-state index contributed by atoms with van der Waals surface area (Å²) >= 11 is 6.06. The second-order valence-electron chi connectivity index (χ2n) is 4.46. The van der Waals surface area contributed by atoms with Gasteiger partial charge in [-0.05, 0) is 11.6 Å². The zero-order chi connectivity index (χ0) is 13.5. The lowest BCUT2D eigenvalue weighted by Crippen LogP contribution is -1.97. The molecule has 5 heteroatoms. The third-order valence-electron chi connectivity index (χ3n) is 3.27. The van der Waals surface area contributed by atoms with Crippen molar-refractivity contribution in [2.75, 3.05) is 0 Å². The molecule has 2 aromatic heterocycles. The topological polar surface area (TPSA) is 43.1 Å². The Balaban J connectivity index is 2.20. The fourth-order valence-electron chi connectivity index (χ4n) is 2.37. The summed E-state index contributed by atoms with van der Waals surface area (Å²) in [6.45, 7) is 0. The fraction of sp³-hybridized carbons (Fsp3) is 0. The van der Waals surface area contributed by atoms with Gasteiger partial charge in [0.2, 0.25) is 5.28 Å². The summed E-state index contributed by atoms with van der Waals surface area (Å²) in [7, 11) is 0. The van der Waals surface area contributed by atoms with Crippen molar-refractivity contribution in [1.29, 1.82) is 0 Å². The molecule has 0 saturated heterocycles. The first-order valence-corrected chi connectivity index (χ1v) is 6.57. The Morgan fingerprint density at radius 1 is 0.800 bits per heavy atom. The first-order valence-electron chi connectivity index (χ1n) is 6.20. The Kier molecular flexibility index (Phi) is 2.44. The third-order valence-corrected chi connectivity index (χ3v) is 3.51. The largest absolute Gasteiger partial charge is 0.246 e. The first-order chi connectivity index (χ1) is 9.84. The van der Waals surface area contributed by atoms with Crippen LogP contribution in [0.4, 0.5) is 0 Å². The summed E-state index contributed by atoms with van der Waals surface area (Å²) in [6.07, 6.45) is 0. The maximum Gasteiger partial charge on any atom is 0.246 e. The molecule has 2 heterocycles. The molecule has 0 saturated carbocycles. The molecule has 0 unspecified atom stereocenters. The van der Waals surface area contributed by atoms with E-state index >= 15 is 0 Å². The normalized spacial score (nSPS) is 11.2. The van der Waals surface area contributed by atoms with Crippen LogP contribution in [0.15, 0.2) is 54.6 Å². The van der Waals surface area contributed by atoms with Gasteiger partial charge in [0, 0.05) is 16.3 Å². The van der Waals surface area contributed by atoms with E-state index in [1.165, 1.54) is 0 Å². The average molecular weight is 281 g/mol. The Labute approximate surface area is 119 Å². The second-order valence-corrected chi connectivity index (χ2v) is 4.80. The van der Waals surface area contributed by atoms with Gasteiger partial charge in [0.15, 0.2) is 5.65 Å². The average Bonchev–Trinajstić information content (AvgIpc) is 2.89. The molecular weight excluding hydrogens is 272 g/mol. The van der Waals surface area contributed by atoms with Gasteiger partial charge in [-0.25, -0.2) is 0 Å². The third kappa shape index (κ3) is 1.58. The number of rotatable bonds is 1. The van der Waals surface area contributed by atoms with Crippen molar-refractivity contribution in [2.45, 2.75) is 0 Å². The molecule has 2 aromatic carbocycles. The molecule has 0 atom stereocenters. The predicted octanol–water partition coefficient (Wildman–Crippen LogP) is 3.60. The predicted molar refractivity (Wildman–Crippen MR) is 78.7 cm³/mol. The van der Waals surface area contributed by atoms with E-state index < -0.39 is 0 Å². The Hall–Kier alpha value is -2.46. The van der Waals surface area contributed by atoms with E-state index in [1.807, 2.05) is 54.6 Å². The summed E-state index contributed by atoms with van der Waals surface area (Å²) in [4.78, 5) is 0. The zero-order valence-corrected chi connectivity index (χ0v) is 11.1. The van der Waals surface area contributed by atoms with E-state index in [9.17, 15) is 0 Å². The van der Waals surface area contributed by atoms with Crippen molar-refractivity contribution in [2.24, 2.45) is 0 Å². The van der Waals surface area contributed by atoms with Gasteiger partial charge in [0.1, 0.15) is 0 Å². The van der Waals surface area contributed by atoms with Crippen LogP contribution in [0.2, 0.25) is 5.28 Å². The van der Waals surface area contributed by atoms with E-state index in [0.717, 1.165) is 22.0 Å². The van der Waals surface area contributed by atoms with Crippen molar-refractivity contribution in [1.82, 2.24) is 19.8 Å². The van der Waals surface area contributed by atoms with Gasteiger partial charge >= 0.3 is 0 Å². The zero-order valence-electron chi connectivity index (χ0n) is 10.4. The Morgan fingerprint density at radius 3 is 2.30 bits per heavy atom. The highest BCUT2D eigenvalue weighted by Crippen LogP contribution is 2.29. The molecule has 96 valence electrons. The number of benzene rings is 2. The molecule has 0 fully saturated rings. The van der Waals surface area contributed by atoms with Crippen LogP contribution < -0.4 is 0 Å². The van der Waals surface area contributed by atoms with Gasteiger partial charge in [0.25, 0.3) is 0 Å². The number of fused-ring (bicyclic) bond motifs is 3. The number of aromatic nitrogens is 4. The van der Waals surface area contributed by atoms with Crippen LogP contribution in [0.1, 0.15) is 0 Å². The second kappa shape index (κ2) is 4.28. The van der Waals surface area contributed by atoms with Gasteiger partial charge < -0.3 is 0 Å². The summed E-state index contributed by atoms with van der Waals surface area (Å²) in [5, 5.41) is 14.9. The van der Waals surface area contributed by atoms with Gasteiger partial charge in [-0.1, -0.05) is 54.6 Å². The van der Waals surface area contributed by atoms with Crippen molar-refractivity contribution in [3.05, 3.63) is 59.9 Å². The number of hydrogen-bond acceptors (Lipinski definition) is 3. The smallest absolute Gasteiger partial charge is 0.182 e. The fourth-order valence-corrected chi connectivity index (χ4v) is 2.52. The Morgan fingerprint density at radius 2 is 1.50 bits per heavy atom. The van der Waals surface area contributed by atoms with Gasteiger partial charge in [-0.3, -0.25) is 0 Å². The molecule has 0 radical (unpaired) electrons. The number of nitrogens with zero attached hydrogens (tertiary/aromatic N) is 4. The van der Waals surface area contributed by atoms with Gasteiger partial charge in [-0.15, -0.1) is 10.2 Å². The lowest BCUT2D eigenvalue weighted by Gasteiger charge is -2.07. The van der Waals surface area contributed by atoms with Crippen molar-refractivity contribution >= 4 is 28.0 Å². The van der Waals surface area contributed by atoms with Crippen LogP contribution in [-0.4, -0.2) is 19.8 Å². The maximum absolute atomic E-state index is 6.06. The molecule has 0 bridgehead atoms. The lowest BCUT2D eigenvalue weighted by atomic mass is 10.1. The molecular formula is C15H9ClN4. The molecule has 4 rings (SSSR count). The van der Waals surface area contributed by atoms with E-state index in [1.54, 1.807) is 4.52 Å². The highest BCUT2D eigenvalue weighted by atomic mass is 35.5. The van der Waals surface area contributed by atoms with Crippen LogP contribution in [-0.2, 0) is 0 Å². The molecule has 0 spiro atoms. The summed E-state index contributed by atoms with van der Waals surface area (Å²) in [5.74, 6) is 0. The lowest BCUT2D eigenvalue weighted by molar-refractivity contribution is 0.942. The van der Waals surface area contributed by atoms with Gasteiger partial charge in [-0.2, -0.15) is 9.61 Å². The molecule has 0 aliphatic rings. The van der Waals surface area contributed by atoms with Crippen LogP contribution in [0.3, 0.4) is 0 Å². The molecule has 0 aliphatic carbocycles. The van der Waals surface area contributed by atoms with Gasteiger partial charge in [0.05, 0.1) is 5.69 Å². The molecule has 0 aliphatic heterocycles. The van der Waals surface area contributed by atoms with Crippen LogP contribution in [0.5, 0.6) is 0 Å². The highest BCUT2D eigenvalue weighted by Gasteiger charge is 2.13. The number of hydrogen-bond donors (Lipinski definition) is 0. The SMILES string of the molecule is Clc1nnc2c3ccccc3c(-c3ccccc3)nn12. The first kappa shape index (κ1) is 11.4. The van der Waals surface area contributed by atoms with E-state index in [0.29, 0.717) is 5.65 Å². The van der Waals surface area contributed by atoms with E-state index in [-0.39, 0.29) is 5.28 Å². The maximum atomic E-state index is 6.06. The minimum Gasteiger partial charge on any atom is -0.182 e. The monoisotopic (exact) mass is 280 g/mol. The molecule has 4 aromatic rings. The molecule has 0 N–H and O–H groups in total. The summed E-state index contributed by atoms with van der Waals surface area (Å²) in [5.41, 5.74) is 2.58. The van der Waals surface area contributed by atoms with Crippen molar-refractivity contribution in [3.63, 3.8) is 0 Å². The van der Waals surface area contributed by atoms with Crippen LogP contribution in [0.25, 0.3) is 27.7 Å². The molecule has 4 nitrogen and oxygen atoms in total. The number of halogens is 1. The summed E-state index contributed by atoms with van der Waals surface area (Å²) < 4.78 is 1.58. The standard InChI is InChI=1S/C15H9ClN4/c16-15-18-17-14-12-9-5-4-8-11(12)13(19-20(14)15)10-6-2-1-3-7-10/h1-9H. The van der Waals surface area contributed by atoms with E-state index in [2.05, 4.69) is 15.3 Å². The Bertz CT molecular complexity index is 915. The molecule has 0 amide bonds. The quantitative estimate of drug-likeness (QED) is 0.535. The summed E-state index contributed by atoms with van der Waals surface area (Å²) in [6, 6.07) is 18.0. The van der Waals surface area contributed by atoms with Crippen LogP contribution >= 0.6 is 11.6 Å². The minimum atomic E-state index is 0.267.